The van der Waals surface area contributed by atoms with Crippen molar-refractivity contribution in [2.24, 2.45) is 17.8 Å². The molecule has 3 atom stereocenters. The third-order valence-electron chi connectivity index (χ3n) is 5.49. The summed E-state index contributed by atoms with van der Waals surface area (Å²) in [6.07, 6.45) is 5.62. The molecule has 0 radical (unpaired) electrons. The van der Waals surface area contributed by atoms with Crippen LogP contribution in [0.4, 0.5) is 5.69 Å². The Labute approximate surface area is 143 Å². The van der Waals surface area contributed by atoms with Gasteiger partial charge in [-0.15, -0.1) is 0 Å². The standard InChI is InChI=1S/C19H27N3O2/c1-12-3-6-17(13(2)7-12)20-11-19(24)22-21-18(23)10-16-9-14-4-5-15(16)8-14/h3,6-7,14-16,20H,4-5,8-11H2,1-2H3,(H,21,23)(H,22,24)/t14-,15-,16+/m1/s1. The lowest BCUT2D eigenvalue weighted by Crippen LogP contribution is -2.44. The summed E-state index contributed by atoms with van der Waals surface area (Å²) >= 11 is 0. The number of rotatable bonds is 5. The van der Waals surface area contributed by atoms with Gasteiger partial charge in [0.2, 0.25) is 5.91 Å². The molecule has 5 heteroatoms. The molecule has 0 heterocycles. The van der Waals surface area contributed by atoms with Gasteiger partial charge in [0.15, 0.2) is 0 Å². The molecule has 0 aliphatic heterocycles. The van der Waals surface area contributed by atoms with E-state index in [-0.39, 0.29) is 18.4 Å². The molecule has 24 heavy (non-hydrogen) atoms. The maximum absolute atomic E-state index is 12.0. The second kappa shape index (κ2) is 7.24. The molecule has 2 fully saturated rings. The molecule has 1 aromatic rings. The Kier molecular flexibility index (Phi) is 5.07. The third kappa shape index (κ3) is 4.08. The average molecular weight is 329 g/mol. The zero-order chi connectivity index (χ0) is 17.1. The van der Waals surface area contributed by atoms with Crippen LogP contribution in [0.5, 0.6) is 0 Å². The SMILES string of the molecule is Cc1ccc(NCC(=O)NNC(=O)C[C@@H]2C[C@@H]3CC[C@@H]2C3)c(C)c1. The molecule has 1 aromatic carbocycles. The number of nitrogens with one attached hydrogen (secondary N) is 3. The van der Waals surface area contributed by atoms with E-state index in [1.54, 1.807) is 0 Å². The number of aryl methyl sites for hydroxylation is 2. The van der Waals surface area contributed by atoms with E-state index in [1.807, 2.05) is 26.0 Å². The van der Waals surface area contributed by atoms with Crippen LogP contribution in [0.2, 0.25) is 0 Å². The lowest BCUT2D eigenvalue weighted by Gasteiger charge is -2.21. The molecule has 0 spiro atoms. The summed E-state index contributed by atoms with van der Waals surface area (Å²) in [4.78, 5) is 23.9. The van der Waals surface area contributed by atoms with Gasteiger partial charge in [0, 0.05) is 12.1 Å². The maximum Gasteiger partial charge on any atom is 0.257 e. The highest BCUT2D eigenvalue weighted by molar-refractivity contribution is 5.84. The van der Waals surface area contributed by atoms with Crippen molar-refractivity contribution in [3.05, 3.63) is 29.3 Å². The van der Waals surface area contributed by atoms with Crippen molar-refractivity contribution in [1.29, 1.82) is 0 Å². The van der Waals surface area contributed by atoms with E-state index in [4.69, 9.17) is 0 Å². The number of fused-ring (bicyclic) bond motifs is 2. The Balaban J connectivity index is 1.37. The number of hydrogen-bond donors (Lipinski definition) is 3. The highest BCUT2D eigenvalue weighted by atomic mass is 16.2. The molecular formula is C19H27N3O2. The van der Waals surface area contributed by atoms with Gasteiger partial charge in [-0.25, -0.2) is 0 Å². The van der Waals surface area contributed by atoms with Crippen LogP contribution in [0, 0.1) is 31.6 Å². The molecule has 2 aliphatic carbocycles. The van der Waals surface area contributed by atoms with E-state index in [2.05, 4.69) is 22.2 Å². The van der Waals surface area contributed by atoms with Crippen molar-refractivity contribution in [2.45, 2.75) is 46.0 Å². The first-order valence-corrected chi connectivity index (χ1v) is 8.90. The molecule has 0 saturated heterocycles. The molecule has 2 amide bonds. The van der Waals surface area contributed by atoms with Crippen molar-refractivity contribution in [1.82, 2.24) is 10.9 Å². The lowest BCUT2D eigenvalue weighted by molar-refractivity contribution is -0.128. The van der Waals surface area contributed by atoms with E-state index in [1.165, 1.54) is 31.2 Å². The summed E-state index contributed by atoms with van der Waals surface area (Å²) in [5, 5.41) is 3.10. The molecule has 0 aromatic heterocycles. The van der Waals surface area contributed by atoms with Crippen LogP contribution in [0.15, 0.2) is 18.2 Å². The van der Waals surface area contributed by atoms with Crippen LogP contribution in [0.3, 0.4) is 0 Å². The van der Waals surface area contributed by atoms with E-state index < -0.39 is 0 Å². The van der Waals surface area contributed by atoms with Crippen LogP contribution < -0.4 is 16.2 Å². The molecule has 3 rings (SSSR count). The fourth-order valence-corrected chi connectivity index (χ4v) is 4.29. The zero-order valence-electron chi connectivity index (χ0n) is 14.5. The van der Waals surface area contributed by atoms with Gasteiger partial charge < -0.3 is 5.32 Å². The number of carbonyl (C=O) groups is 2. The Bertz CT molecular complexity index is 629. The van der Waals surface area contributed by atoms with Crippen LogP contribution in [-0.4, -0.2) is 18.4 Å². The molecule has 2 saturated carbocycles. The van der Waals surface area contributed by atoms with Gasteiger partial charge >= 0.3 is 0 Å². The van der Waals surface area contributed by atoms with Crippen molar-refractivity contribution in [3.63, 3.8) is 0 Å². The van der Waals surface area contributed by atoms with Crippen LogP contribution in [0.25, 0.3) is 0 Å². The minimum absolute atomic E-state index is 0.0765. The predicted octanol–water partition coefficient (Wildman–Crippen LogP) is 2.69. The van der Waals surface area contributed by atoms with Gasteiger partial charge in [0.05, 0.1) is 6.54 Å². The van der Waals surface area contributed by atoms with E-state index >= 15 is 0 Å². The van der Waals surface area contributed by atoms with E-state index in [0.29, 0.717) is 12.3 Å². The van der Waals surface area contributed by atoms with Crippen LogP contribution >= 0.6 is 0 Å². The van der Waals surface area contributed by atoms with Gasteiger partial charge in [-0.05, 0) is 62.5 Å². The largest absolute Gasteiger partial charge is 0.376 e. The van der Waals surface area contributed by atoms with Crippen molar-refractivity contribution in [2.75, 3.05) is 11.9 Å². The topological polar surface area (TPSA) is 70.2 Å². The van der Waals surface area contributed by atoms with Gasteiger partial charge in [0.25, 0.3) is 5.91 Å². The molecule has 2 bridgehead atoms. The minimum atomic E-state index is -0.240. The summed E-state index contributed by atoms with van der Waals surface area (Å²) in [5.41, 5.74) is 8.28. The molecule has 2 aliphatic rings. The molecule has 3 N–H and O–H groups in total. The molecule has 5 nitrogen and oxygen atoms in total. The highest BCUT2D eigenvalue weighted by Gasteiger charge is 2.40. The second-order valence-electron chi connectivity index (χ2n) is 7.41. The molecular weight excluding hydrogens is 302 g/mol. The van der Waals surface area contributed by atoms with Gasteiger partial charge in [0.1, 0.15) is 0 Å². The monoisotopic (exact) mass is 329 g/mol. The van der Waals surface area contributed by atoms with Crippen molar-refractivity contribution >= 4 is 17.5 Å². The Morgan fingerprint density at radius 3 is 2.54 bits per heavy atom. The van der Waals surface area contributed by atoms with Crippen LogP contribution in [-0.2, 0) is 9.59 Å². The first kappa shape index (κ1) is 16.8. The smallest absolute Gasteiger partial charge is 0.257 e. The fraction of sp³-hybridized carbons (Fsp3) is 0.579. The van der Waals surface area contributed by atoms with Gasteiger partial charge in [-0.2, -0.15) is 0 Å². The zero-order valence-corrected chi connectivity index (χ0v) is 14.5. The highest BCUT2D eigenvalue weighted by Crippen LogP contribution is 2.49. The summed E-state index contributed by atoms with van der Waals surface area (Å²) in [6, 6.07) is 6.04. The lowest BCUT2D eigenvalue weighted by atomic mass is 9.86. The van der Waals surface area contributed by atoms with Gasteiger partial charge in [-0.3, -0.25) is 20.4 Å². The Morgan fingerprint density at radius 1 is 1.08 bits per heavy atom. The molecule has 0 unspecified atom stereocenters. The predicted molar refractivity (Wildman–Crippen MR) is 94.2 cm³/mol. The van der Waals surface area contributed by atoms with Crippen LogP contribution in [0.1, 0.15) is 43.2 Å². The summed E-state index contributed by atoms with van der Waals surface area (Å²) in [5.74, 6) is 1.75. The summed E-state index contributed by atoms with van der Waals surface area (Å²) < 4.78 is 0. The number of anilines is 1. The number of amides is 2. The number of carbonyl (C=O) groups excluding carboxylic acids is 2. The van der Waals surface area contributed by atoms with Gasteiger partial charge in [-0.1, -0.05) is 24.1 Å². The quantitative estimate of drug-likeness (QED) is 0.728. The molecule has 130 valence electrons. The maximum atomic E-state index is 12.0. The average Bonchev–Trinajstić information content (AvgIpc) is 3.15. The number of benzene rings is 1. The normalized spacial score (nSPS) is 24.7. The van der Waals surface area contributed by atoms with E-state index in [0.717, 1.165) is 23.1 Å². The summed E-state index contributed by atoms with van der Waals surface area (Å²) in [6.45, 7) is 4.18. The Morgan fingerprint density at radius 2 is 1.88 bits per heavy atom. The first-order chi connectivity index (χ1) is 11.5. The number of hydrazine groups is 1. The van der Waals surface area contributed by atoms with Crippen molar-refractivity contribution in [3.8, 4) is 0 Å². The number of hydrogen-bond acceptors (Lipinski definition) is 3. The Hall–Kier alpha value is -2.04. The third-order valence-corrected chi connectivity index (χ3v) is 5.49. The van der Waals surface area contributed by atoms with E-state index in [9.17, 15) is 9.59 Å². The fourth-order valence-electron chi connectivity index (χ4n) is 4.29. The van der Waals surface area contributed by atoms with Crippen molar-refractivity contribution < 1.29 is 9.59 Å². The summed E-state index contributed by atoms with van der Waals surface area (Å²) in [7, 11) is 0. The first-order valence-electron chi connectivity index (χ1n) is 8.90. The second-order valence-corrected chi connectivity index (χ2v) is 7.41. The minimum Gasteiger partial charge on any atom is -0.376 e.